The third-order valence-electron chi connectivity index (χ3n) is 3.55. The topological polar surface area (TPSA) is 71.8 Å². The Labute approximate surface area is 120 Å². The average molecular weight is 279 g/mol. The first kappa shape index (κ1) is 15.0. The lowest BCUT2D eigenvalue weighted by molar-refractivity contribution is -0.122. The number of nitrogens with zero attached hydrogens (tertiary/aromatic N) is 3. The van der Waals surface area contributed by atoms with E-state index in [1.165, 1.54) is 19.3 Å². The second-order valence-corrected chi connectivity index (χ2v) is 5.85. The van der Waals surface area contributed by atoms with Gasteiger partial charge in [0.1, 0.15) is 6.54 Å². The average Bonchev–Trinajstić information content (AvgIpc) is 2.85. The largest absolute Gasteiger partial charge is 0.352 e. The van der Waals surface area contributed by atoms with E-state index in [9.17, 15) is 4.79 Å². The minimum Gasteiger partial charge on any atom is -0.352 e. The minimum absolute atomic E-state index is 0.0326. The zero-order valence-electron chi connectivity index (χ0n) is 12.4. The monoisotopic (exact) mass is 279 g/mol. The molecule has 0 bridgehead atoms. The Balaban J connectivity index is 1.76. The quantitative estimate of drug-likeness (QED) is 0.821. The number of carbonyl (C=O) groups excluding carboxylic acids is 1. The lowest BCUT2D eigenvalue weighted by Crippen LogP contribution is -2.38. The maximum Gasteiger partial charge on any atom is 0.242 e. The number of rotatable bonds is 6. The Hall–Kier alpha value is -1.43. The van der Waals surface area contributed by atoms with Crippen molar-refractivity contribution in [1.82, 2.24) is 25.6 Å². The van der Waals surface area contributed by atoms with E-state index >= 15 is 0 Å². The Kier molecular flexibility index (Phi) is 5.52. The van der Waals surface area contributed by atoms with E-state index in [2.05, 4.69) is 34.8 Å². The fourth-order valence-electron chi connectivity index (χ4n) is 2.47. The predicted octanol–water partition coefficient (Wildman–Crippen LogP) is 1.22. The number of nitrogens with one attached hydrogen (secondary N) is 2. The molecule has 1 amide bonds. The summed E-state index contributed by atoms with van der Waals surface area (Å²) < 4.78 is 1.61. The van der Waals surface area contributed by atoms with Crippen molar-refractivity contribution in [2.24, 2.45) is 0 Å². The SMILES string of the molecule is CC(C)NCc1cn(CC(=O)NC2CCCCC2)nn1. The van der Waals surface area contributed by atoms with Crippen molar-refractivity contribution < 1.29 is 4.79 Å². The molecule has 2 rings (SSSR count). The van der Waals surface area contributed by atoms with Crippen LogP contribution >= 0.6 is 0 Å². The van der Waals surface area contributed by atoms with Gasteiger partial charge in [-0.2, -0.15) is 0 Å². The van der Waals surface area contributed by atoms with E-state index in [1.54, 1.807) is 4.68 Å². The van der Waals surface area contributed by atoms with Gasteiger partial charge in [-0.15, -0.1) is 5.10 Å². The van der Waals surface area contributed by atoms with Gasteiger partial charge in [-0.1, -0.05) is 38.3 Å². The van der Waals surface area contributed by atoms with Crippen LogP contribution in [0.15, 0.2) is 6.20 Å². The molecule has 1 heterocycles. The molecule has 1 saturated carbocycles. The van der Waals surface area contributed by atoms with Gasteiger partial charge >= 0.3 is 0 Å². The Morgan fingerprint density at radius 2 is 2.15 bits per heavy atom. The molecule has 0 saturated heterocycles. The van der Waals surface area contributed by atoms with Crippen LogP contribution in [-0.2, 0) is 17.9 Å². The standard InChI is InChI=1S/C14H25N5O/c1-11(2)15-8-13-9-19(18-17-13)10-14(20)16-12-6-4-3-5-7-12/h9,11-12,15H,3-8,10H2,1-2H3,(H,16,20). The third kappa shape index (κ3) is 4.92. The van der Waals surface area contributed by atoms with Gasteiger partial charge in [-0.3, -0.25) is 4.79 Å². The van der Waals surface area contributed by atoms with Crippen molar-refractivity contribution in [3.63, 3.8) is 0 Å². The summed E-state index contributed by atoms with van der Waals surface area (Å²) in [6.45, 7) is 5.11. The molecule has 1 aliphatic carbocycles. The molecule has 0 spiro atoms. The Bertz CT molecular complexity index is 423. The molecule has 112 valence electrons. The summed E-state index contributed by atoms with van der Waals surface area (Å²) in [7, 11) is 0. The van der Waals surface area contributed by atoms with Gasteiger partial charge in [0.05, 0.1) is 11.9 Å². The van der Waals surface area contributed by atoms with Crippen LogP contribution in [0.5, 0.6) is 0 Å². The van der Waals surface area contributed by atoms with Crippen molar-refractivity contribution in [1.29, 1.82) is 0 Å². The molecule has 0 unspecified atom stereocenters. The van der Waals surface area contributed by atoms with Crippen LogP contribution in [0, 0.1) is 0 Å². The summed E-state index contributed by atoms with van der Waals surface area (Å²) in [4.78, 5) is 11.9. The molecular weight excluding hydrogens is 254 g/mol. The molecule has 0 radical (unpaired) electrons. The lowest BCUT2D eigenvalue weighted by atomic mass is 9.95. The van der Waals surface area contributed by atoms with E-state index in [4.69, 9.17) is 0 Å². The molecule has 20 heavy (non-hydrogen) atoms. The van der Waals surface area contributed by atoms with Crippen molar-refractivity contribution in [3.05, 3.63) is 11.9 Å². The molecule has 0 aromatic carbocycles. The van der Waals surface area contributed by atoms with Gasteiger partial charge in [0.15, 0.2) is 0 Å². The first-order valence-corrected chi connectivity index (χ1v) is 7.55. The number of aromatic nitrogens is 3. The van der Waals surface area contributed by atoms with Crippen LogP contribution in [0.1, 0.15) is 51.6 Å². The van der Waals surface area contributed by atoms with Gasteiger partial charge in [0.25, 0.3) is 0 Å². The van der Waals surface area contributed by atoms with Gasteiger partial charge in [0.2, 0.25) is 5.91 Å². The van der Waals surface area contributed by atoms with Crippen molar-refractivity contribution >= 4 is 5.91 Å². The fraction of sp³-hybridized carbons (Fsp3) is 0.786. The van der Waals surface area contributed by atoms with Gasteiger partial charge in [-0.25, -0.2) is 4.68 Å². The van der Waals surface area contributed by atoms with Gasteiger partial charge in [0, 0.05) is 18.6 Å². The van der Waals surface area contributed by atoms with Crippen molar-refractivity contribution in [2.75, 3.05) is 0 Å². The molecular formula is C14H25N5O. The van der Waals surface area contributed by atoms with E-state index in [0.717, 1.165) is 18.5 Å². The second-order valence-electron chi connectivity index (χ2n) is 5.85. The Morgan fingerprint density at radius 3 is 2.85 bits per heavy atom. The number of hydrogen-bond acceptors (Lipinski definition) is 4. The highest BCUT2D eigenvalue weighted by Gasteiger charge is 2.16. The molecule has 0 atom stereocenters. The lowest BCUT2D eigenvalue weighted by Gasteiger charge is -2.22. The summed E-state index contributed by atoms with van der Waals surface area (Å²) >= 11 is 0. The molecule has 0 aliphatic heterocycles. The molecule has 6 heteroatoms. The normalized spacial score (nSPS) is 16.6. The number of amides is 1. The first-order chi connectivity index (χ1) is 9.63. The van der Waals surface area contributed by atoms with E-state index in [1.807, 2.05) is 6.20 Å². The highest BCUT2D eigenvalue weighted by atomic mass is 16.2. The number of carbonyl (C=O) groups is 1. The first-order valence-electron chi connectivity index (χ1n) is 7.55. The van der Waals surface area contributed by atoms with Gasteiger partial charge < -0.3 is 10.6 Å². The maximum absolute atomic E-state index is 11.9. The molecule has 1 aromatic heterocycles. The summed E-state index contributed by atoms with van der Waals surface area (Å²) in [6, 6.07) is 0.761. The highest BCUT2D eigenvalue weighted by Crippen LogP contribution is 2.17. The van der Waals surface area contributed by atoms with Crippen LogP contribution < -0.4 is 10.6 Å². The van der Waals surface area contributed by atoms with Crippen LogP contribution in [0.25, 0.3) is 0 Å². The molecule has 1 aromatic rings. The third-order valence-corrected chi connectivity index (χ3v) is 3.55. The molecule has 6 nitrogen and oxygen atoms in total. The highest BCUT2D eigenvalue weighted by molar-refractivity contribution is 5.75. The summed E-state index contributed by atoms with van der Waals surface area (Å²) in [6.07, 6.45) is 7.77. The summed E-state index contributed by atoms with van der Waals surface area (Å²) in [5.74, 6) is 0.0326. The Morgan fingerprint density at radius 1 is 1.40 bits per heavy atom. The van der Waals surface area contributed by atoms with Crippen LogP contribution in [0.3, 0.4) is 0 Å². The van der Waals surface area contributed by atoms with Crippen LogP contribution in [0.2, 0.25) is 0 Å². The summed E-state index contributed by atoms with van der Waals surface area (Å²) in [5, 5.41) is 14.4. The zero-order valence-corrected chi connectivity index (χ0v) is 12.4. The van der Waals surface area contributed by atoms with E-state index < -0.39 is 0 Å². The summed E-state index contributed by atoms with van der Waals surface area (Å²) in [5.41, 5.74) is 0.865. The smallest absolute Gasteiger partial charge is 0.242 e. The van der Waals surface area contributed by atoms with Crippen molar-refractivity contribution in [2.45, 2.75) is 71.1 Å². The van der Waals surface area contributed by atoms with Crippen molar-refractivity contribution in [3.8, 4) is 0 Å². The van der Waals surface area contributed by atoms with Crippen LogP contribution in [-0.4, -0.2) is 33.0 Å². The minimum atomic E-state index is 0.0326. The molecule has 2 N–H and O–H groups in total. The molecule has 1 fully saturated rings. The predicted molar refractivity (Wildman–Crippen MR) is 77.0 cm³/mol. The maximum atomic E-state index is 11.9. The van der Waals surface area contributed by atoms with Gasteiger partial charge in [-0.05, 0) is 12.8 Å². The van der Waals surface area contributed by atoms with E-state index in [0.29, 0.717) is 18.6 Å². The zero-order chi connectivity index (χ0) is 14.4. The molecule has 1 aliphatic rings. The van der Waals surface area contributed by atoms with Crippen LogP contribution in [0.4, 0.5) is 0 Å². The number of hydrogen-bond donors (Lipinski definition) is 2. The second kappa shape index (κ2) is 7.38. The van der Waals surface area contributed by atoms with E-state index in [-0.39, 0.29) is 12.5 Å². The fourth-order valence-corrected chi connectivity index (χ4v) is 2.47.